The van der Waals surface area contributed by atoms with Crippen LogP contribution in [0, 0.1) is 0 Å². The van der Waals surface area contributed by atoms with Gasteiger partial charge in [-0.2, -0.15) is 0 Å². The first-order valence-electron chi connectivity index (χ1n) is 5.78. The van der Waals surface area contributed by atoms with Crippen LogP contribution in [-0.2, 0) is 4.79 Å². The average Bonchev–Trinajstić information content (AvgIpc) is 2.41. The lowest BCUT2D eigenvalue weighted by atomic mass is 10.3. The Labute approximate surface area is 106 Å². The zero-order valence-corrected chi connectivity index (χ0v) is 10.1. The summed E-state index contributed by atoms with van der Waals surface area (Å²) >= 11 is 0. The molecule has 0 fully saturated rings. The molecule has 1 N–H and O–H groups in total. The maximum Gasteiger partial charge on any atom is 0.257 e. The van der Waals surface area contributed by atoms with Gasteiger partial charge in [0.05, 0.1) is 0 Å². The summed E-state index contributed by atoms with van der Waals surface area (Å²) in [5.74, 6) is 0.527. The lowest BCUT2D eigenvalue weighted by Crippen LogP contribution is -2.29. The highest BCUT2D eigenvalue weighted by molar-refractivity contribution is 5.77. The number of ether oxygens (including phenoxy) is 1. The van der Waals surface area contributed by atoms with E-state index in [1.54, 1.807) is 12.1 Å². The fourth-order valence-corrected chi connectivity index (χ4v) is 1.30. The SMILES string of the molecule is [N-]=[N+]=NCCCCNC(=O)COc1ccccc1. The third kappa shape index (κ3) is 6.40. The quantitative estimate of drug-likeness (QED) is 0.331. The van der Waals surface area contributed by atoms with Gasteiger partial charge in [0.2, 0.25) is 0 Å². The van der Waals surface area contributed by atoms with Crippen molar-refractivity contribution in [1.82, 2.24) is 5.32 Å². The molecule has 0 bridgehead atoms. The minimum Gasteiger partial charge on any atom is -0.484 e. The minimum absolute atomic E-state index is 0.0142. The zero-order valence-electron chi connectivity index (χ0n) is 10.1. The second-order valence-corrected chi connectivity index (χ2v) is 3.61. The standard InChI is InChI=1S/C12H16N4O2/c13-16-15-9-5-4-8-14-12(17)10-18-11-6-2-1-3-7-11/h1-3,6-7H,4-5,8-10H2,(H,14,17). The van der Waals surface area contributed by atoms with Crippen LogP contribution in [0.1, 0.15) is 12.8 Å². The Morgan fingerprint density at radius 2 is 2.11 bits per heavy atom. The number of rotatable bonds is 8. The number of unbranched alkanes of at least 4 members (excludes halogenated alkanes) is 1. The van der Waals surface area contributed by atoms with Gasteiger partial charge in [-0.3, -0.25) is 4.79 Å². The highest BCUT2D eigenvalue weighted by atomic mass is 16.5. The number of carbonyl (C=O) groups is 1. The smallest absolute Gasteiger partial charge is 0.257 e. The van der Waals surface area contributed by atoms with Crippen molar-refractivity contribution in [2.24, 2.45) is 5.11 Å². The molecular formula is C12H16N4O2. The third-order valence-corrected chi connectivity index (χ3v) is 2.18. The van der Waals surface area contributed by atoms with Crippen molar-refractivity contribution in [1.29, 1.82) is 0 Å². The van der Waals surface area contributed by atoms with Crippen LogP contribution in [0.5, 0.6) is 5.75 Å². The van der Waals surface area contributed by atoms with E-state index in [-0.39, 0.29) is 12.5 Å². The number of hydrogen-bond donors (Lipinski definition) is 1. The molecule has 0 atom stereocenters. The van der Waals surface area contributed by atoms with Crippen molar-refractivity contribution in [3.63, 3.8) is 0 Å². The van der Waals surface area contributed by atoms with Crippen molar-refractivity contribution < 1.29 is 9.53 Å². The number of benzene rings is 1. The molecule has 0 aliphatic carbocycles. The fraction of sp³-hybridized carbons (Fsp3) is 0.417. The summed E-state index contributed by atoms with van der Waals surface area (Å²) in [4.78, 5) is 14.0. The Kier molecular flexibility index (Phi) is 6.85. The van der Waals surface area contributed by atoms with E-state index in [0.29, 0.717) is 18.8 Å². The molecular weight excluding hydrogens is 232 g/mol. The van der Waals surface area contributed by atoms with Gasteiger partial charge in [-0.05, 0) is 30.5 Å². The lowest BCUT2D eigenvalue weighted by Gasteiger charge is -2.06. The molecule has 0 aliphatic heterocycles. The van der Waals surface area contributed by atoms with Gasteiger partial charge in [-0.15, -0.1) is 0 Å². The topological polar surface area (TPSA) is 87.1 Å². The summed E-state index contributed by atoms with van der Waals surface area (Å²) in [6, 6.07) is 9.18. The molecule has 1 aromatic rings. The van der Waals surface area contributed by atoms with Crippen LogP contribution in [0.25, 0.3) is 10.4 Å². The lowest BCUT2D eigenvalue weighted by molar-refractivity contribution is -0.123. The van der Waals surface area contributed by atoms with Gasteiger partial charge in [0.1, 0.15) is 5.75 Å². The third-order valence-electron chi connectivity index (χ3n) is 2.18. The zero-order chi connectivity index (χ0) is 13.1. The van der Waals surface area contributed by atoms with Gasteiger partial charge >= 0.3 is 0 Å². The van der Waals surface area contributed by atoms with Crippen molar-refractivity contribution in [3.05, 3.63) is 40.8 Å². The van der Waals surface area contributed by atoms with Crippen molar-refractivity contribution in [2.45, 2.75) is 12.8 Å². The number of nitrogens with zero attached hydrogens (tertiary/aromatic N) is 3. The normalized spacial score (nSPS) is 9.33. The molecule has 0 heterocycles. The molecule has 1 rings (SSSR count). The van der Waals surface area contributed by atoms with Crippen LogP contribution in [0.15, 0.2) is 35.4 Å². The van der Waals surface area contributed by atoms with E-state index >= 15 is 0 Å². The molecule has 18 heavy (non-hydrogen) atoms. The van der Waals surface area contributed by atoms with Crippen LogP contribution < -0.4 is 10.1 Å². The first-order chi connectivity index (χ1) is 8.83. The van der Waals surface area contributed by atoms with Crippen LogP contribution in [-0.4, -0.2) is 25.6 Å². The van der Waals surface area contributed by atoms with Crippen molar-refractivity contribution in [3.8, 4) is 5.75 Å². The number of nitrogens with one attached hydrogen (secondary N) is 1. The number of azide groups is 1. The maximum absolute atomic E-state index is 11.4. The molecule has 0 aliphatic rings. The summed E-state index contributed by atoms with van der Waals surface area (Å²) in [5.41, 5.74) is 8.06. The highest BCUT2D eigenvalue weighted by Crippen LogP contribution is 2.07. The Bertz CT molecular complexity index is 402. The number of carbonyl (C=O) groups excluding carboxylic acids is 1. The second-order valence-electron chi connectivity index (χ2n) is 3.61. The van der Waals surface area contributed by atoms with E-state index in [2.05, 4.69) is 15.3 Å². The number of hydrogen-bond acceptors (Lipinski definition) is 3. The van der Waals surface area contributed by atoms with Gasteiger partial charge in [0.25, 0.3) is 5.91 Å². The molecule has 0 saturated heterocycles. The number of amides is 1. The predicted octanol–water partition coefficient (Wildman–Crippen LogP) is 2.27. The van der Waals surface area contributed by atoms with E-state index in [0.717, 1.165) is 12.8 Å². The summed E-state index contributed by atoms with van der Waals surface area (Å²) < 4.78 is 5.28. The summed E-state index contributed by atoms with van der Waals surface area (Å²) in [5, 5.41) is 6.14. The molecule has 0 saturated carbocycles. The average molecular weight is 248 g/mol. The monoisotopic (exact) mass is 248 g/mol. The van der Waals surface area contributed by atoms with Crippen LogP contribution >= 0.6 is 0 Å². The van der Waals surface area contributed by atoms with Gasteiger partial charge in [-0.25, -0.2) is 0 Å². The van der Waals surface area contributed by atoms with E-state index in [1.165, 1.54) is 0 Å². The molecule has 6 nitrogen and oxygen atoms in total. The highest BCUT2D eigenvalue weighted by Gasteiger charge is 2.01. The van der Waals surface area contributed by atoms with E-state index in [9.17, 15) is 4.79 Å². The maximum atomic E-state index is 11.4. The first-order valence-corrected chi connectivity index (χ1v) is 5.78. The molecule has 0 aromatic heterocycles. The molecule has 6 heteroatoms. The Morgan fingerprint density at radius 1 is 1.33 bits per heavy atom. The first kappa shape index (κ1) is 13.9. The number of para-hydroxylation sites is 1. The molecule has 0 spiro atoms. The van der Waals surface area contributed by atoms with Crippen molar-refractivity contribution >= 4 is 5.91 Å². The van der Waals surface area contributed by atoms with Gasteiger partial charge in [-0.1, -0.05) is 23.3 Å². The fourth-order valence-electron chi connectivity index (χ4n) is 1.30. The van der Waals surface area contributed by atoms with E-state index < -0.39 is 0 Å². The molecule has 1 amide bonds. The summed E-state index contributed by atoms with van der Waals surface area (Å²) in [6.07, 6.45) is 1.56. The van der Waals surface area contributed by atoms with Crippen molar-refractivity contribution in [2.75, 3.05) is 19.7 Å². The second kappa shape index (κ2) is 8.90. The van der Waals surface area contributed by atoms with E-state index in [1.807, 2.05) is 18.2 Å². The Hall–Kier alpha value is -2.20. The van der Waals surface area contributed by atoms with Crippen LogP contribution in [0.2, 0.25) is 0 Å². The molecule has 96 valence electrons. The van der Waals surface area contributed by atoms with Gasteiger partial charge in [0.15, 0.2) is 6.61 Å². The van der Waals surface area contributed by atoms with Gasteiger partial charge < -0.3 is 10.1 Å². The predicted molar refractivity (Wildman–Crippen MR) is 68.2 cm³/mol. The van der Waals surface area contributed by atoms with Crippen LogP contribution in [0.4, 0.5) is 0 Å². The Morgan fingerprint density at radius 3 is 2.83 bits per heavy atom. The minimum atomic E-state index is -0.150. The molecule has 0 radical (unpaired) electrons. The summed E-state index contributed by atoms with van der Waals surface area (Å²) in [7, 11) is 0. The van der Waals surface area contributed by atoms with Gasteiger partial charge in [0, 0.05) is 18.0 Å². The summed E-state index contributed by atoms with van der Waals surface area (Å²) in [6.45, 7) is 1.05. The largest absolute Gasteiger partial charge is 0.484 e. The van der Waals surface area contributed by atoms with Crippen LogP contribution in [0.3, 0.4) is 0 Å². The molecule has 0 unspecified atom stereocenters. The molecule has 1 aromatic carbocycles. The van der Waals surface area contributed by atoms with E-state index in [4.69, 9.17) is 10.3 Å². The Balaban J connectivity index is 2.05.